The van der Waals surface area contributed by atoms with E-state index in [0.29, 0.717) is 18.9 Å². The number of rotatable bonds is 5. The van der Waals surface area contributed by atoms with Gasteiger partial charge in [0.15, 0.2) is 0 Å². The summed E-state index contributed by atoms with van der Waals surface area (Å²) in [6.45, 7) is 6.28. The van der Waals surface area contributed by atoms with Crippen molar-refractivity contribution in [2.45, 2.75) is 33.3 Å². The first kappa shape index (κ1) is 11.4. The van der Waals surface area contributed by atoms with Gasteiger partial charge in [-0.15, -0.1) is 0 Å². The average Bonchev–Trinajstić information content (AvgIpc) is 1.99. The zero-order valence-corrected chi connectivity index (χ0v) is 7.96. The van der Waals surface area contributed by atoms with Gasteiger partial charge in [0.1, 0.15) is 0 Å². The molecule has 72 valence electrons. The molecule has 0 aliphatic rings. The van der Waals surface area contributed by atoms with Crippen molar-refractivity contribution in [2.75, 3.05) is 6.54 Å². The molecule has 3 N–H and O–H groups in total. The summed E-state index contributed by atoms with van der Waals surface area (Å²) in [6.07, 6.45) is 0.429. The van der Waals surface area contributed by atoms with Gasteiger partial charge in [0.25, 0.3) is 0 Å². The van der Waals surface area contributed by atoms with Gasteiger partial charge in [0.2, 0.25) is 5.91 Å². The van der Waals surface area contributed by atoms with Gasteiger partial charge in [-0.1, -0.05) is 13.8 Å². The lowest BCUT2D eigenvalue weighted by Crippen LogP contribution is -2.33. The van der Waals surface area contributed by atoms with Gasteiger partial charge in [-0.2, -0.15) is 0 Å². The Kier molecular flexibility index (Phi) is 5.66. The summed E-state index contributed by atoms with van der Waals surface area (Å²) in [4.78, 5) is 15.6. The van der Waals surface area contributed by atoms with Gasteiger partial charge >= 0.3 is 0 Å². The Balaban J connectivity index is 3.44. The molecule has 0 radical (unpaired) electrons. The molecule has 0 aliphatic carbocycles. The van der Waals surface area contributed by atoms with E-state index in [4.69, 9.17) is 5.90 Å². The van der Waals surface area contributed by atoms with Crippen molar-refractivity contribution < 1.29 is 9.63 Å². The maximum absolute atomic E-state index is 11.1. The van der Waals surface area contributed by atoms with E-state index in [0.717, 1.165) is 0 Å². The van der Waals surface area contributed by atoms with Gasteiger partial charge in [-0.3, -0.25) is 9.63 Å². The second-order valence-corrected chi connectivity index (χ2v) is 3.35. The number of nitrogens with one attached hydrogen (secondary N) is 1. The molecule has 0 bridgehead atoms. The standard InChI is InChI=1S/C8H18N2O2/c1-6(2)4-8(11)10-5-7(3)12-9/h6-7H,4-5,9H2,1-3H3,(H,10,11). The molecule has 0 fully saturated rings. The summed E-state index contributed by atoms with van der Waals surface area (Å²) in [5.41, 5.74) is 0. The van der Waals surface area contributed by atoms with E-state index in [1.165, 1.54) is 0 Å². The van der Waals surface area contributed by atoms with E-state index in [9.17, 15) is 4.79 Å². The molecule has 0 saturated carbocycles. The average molecular weight is 174 g/mol. The van der Waals surface area contributed by atoms with Crippen LogP contribution in [0.1, 0.15) is 27.2 Å². The number of nitrogens with two attached hydrogens (primary N) is 1. The van der Waals surface area contributed by atoms with Crippen LogP contribution in [0.25, 0.3) is 0 Å². The van der Waals surface area contributed by atoms with Crippen molar-refractivity contribution in [3.05, 3.63) is 0 Å². The summed E-state index contributed by atoms with van der Waals surface area (Å²) in [6, 6.07) is 0. The Morgan fingerprint density at radius 1 is 1.50 bits per heavy atom. The van der Waals surface area contributed by atoms with E-state index in [2.05, 4.69) is 10.2 Å². The minimum absolute atomic E-state index is 0.0499. The molecule has 0 heterocycles. The maximum atomic E-state index is 11.1. The lowest BCUT2D eigenvalue weighted by atomic mass is 10.1. The van der Waals surface area contributed by atoms with Crippen LogP contribution in [-0.2, 0) is 9.63 Å². The van der Waals surface area contributed by atoms with Crippen molar-refractivity contribution in [3.8, 4) is 0 Å². The highest BCUT2D eigenvalue weighted by Gasteiger charge is 2.06. The summed E-state index contributed by atoms with van der Waals surface area (Å²) >= 11 is 0. The zero-order valence-electron chi connectivity index (χ0n) is 7.96. The van der Waals surface area contributed by atoms with Crippen LogP contribution in [-0.4, -0.2) is 18.6 Å². The summed E-state index contributed by atoms with van der Waals surface area (Å²) < 4.78 is 0. The fraction of sp³-hybridized carbons (Fsp3) is 0.875. The fourth-order valence-electron chi connectivity index (χ4n) is 0.749. The molecule has 0 spiro atoms. The summed E-state index contributed by atoms with van der Waals surface area (Å²) in [5.74, 6) is 5.35. The normalized spacial score (nSPS) is 13.1. The van der Waals surface area contributed by atoms with Gasteiger partial charge in [0, 0.05) is 13.0 Å². The highest BCUT2D eigenvalue weighted by Crippen LogP contribution is 1.97. The monoisotopic (exact) mass is 174 g/mol. The third kappa shape index (κ3) is 6.12. The number of amides is 1. The van der Waals surface area contributed by atoms with Crippen LogP contribution >= 0.6 is 0 Å². The molecular formula is C8H18N2O2. The molecule has 0 aromatic heterocycles. The fourth-order valence-corrected chi connectivity index (χ4v) is 0.749. The first-order valence-corrected chi connectivity index (χ1v) is 4.18. The molecule has 0 saturated heterocycles. The molecule has 12 heavy (non-hydrogen) atoms. The molecule has 0 aromatic rings. The maximum Gasteiger partial charge on any atom is 0.220 e. The largest absolute Gasteiger partial charge is 0.353 e. The highest BCUT2D eigenvalue weighted by atomic mass is 16.6. The van der Waals surface area contributed by atoms with Crippen LogP contribution in [0.3, 0.4) is 0 Å². The van der Waals surface area contributed by atoms with Crippen LogP contribution in [0.15, 0.2) is 0 Å². The van der Waals surface area contributed by atoms with Gasteiger partial charge in [0.05, 0.1) is 6.10 Å². The number of hydrogen-bond acceptors (Lipinski definition) is 3. The van der Waals surface area contributed by atoms with Crippen LogP contribution in [0.5, 0.6) is 0 Å². The lowest BCUT2D eigenvalue weighted by Gasteiger charge is -2.10. The molecule has 0 rings (SSSR count). The molecule has 0 aromatic carbocycles. The molecule has 0 aliphatic heterocycles. The van der Waals surface area contributed by atoms with Crippen LogP contribution in [0.4, 0.5) is 0 Å². The van der Waals surface area contributed by atoms with Crippen molar-refractivity contribution >= 4 is 5.91 Å². The second kappa shape index (κ2) is 5.97. The van der Waals surface area contributed by atoms with Crippen LogP contribution < -0.4 is 11.2 Å². The van der Waals surface area contributed by atoms with Crippen molar-refractivity contribution in [2.24, 2.45) is 11.8 Å². The zero-order chi connectivity index (χ0) is 9.56. The topological polar surface area (TPSA) is 64.3 Å². The van der Waals surface area contributed by atoms with Crippen molar-refractivity contribution in [1.82, 2.24) is 5.32 Å². The van der Waals surface area contributed by atoms with Gasteiger partial charge in [-0.25, -0.2) is 5.90 Å². The number of carbonyl (C=O) groups excluding carboxylic acids is 1. The van der Waals surface area contributed by atoms with E-state index >= 15 is 0 Å². The van der Waals surface area contributed by atoms with Gasteiger partial charge < -0.3 is 5.32 Å². The third-order valence-electron chi connectivity index (χ3n) is 1.41. The molecule has 1 amide bonds. The lowest BCUT2D eigenvalue weighted by molar-refractivity contribution is -0.122. The Morgan fingerprint density at radius 3 is 2.50 bits per heavy atom. The minimum atomic E-state index is -0.124. The first-order valence-electron chi connectivity index (χ1n) is 4.18. The second-order valence-electron chi connectivity index (χ2n) is 3.35. The van der Waals surface area contributed by atoms with E-state index in [1.54, 1.807) is 6.92 Å². The predicted molar refractivity (Wildman–Crippen MR) is 47.2 cm³/mol. The molecule has 1 atom stereocenters. The summed E-state index contributed by atoms with van der Waals surface area (Å²) in [7, 11) is 0. The van der Waals surface area contributed by atoms with Crippen molar-refractivity contribution in [3.63, 3.8) is 0 Å². The van der Waals surface area contributed by atoms with Gasteiger partial charge in [-0.05, 0) is 12.8 Å². The molecule has 4 nitrogen and oxygen atoms in total. The smallest absolute Gasteiger partial charge is 0.220 e. The Hall–Kier alpha value is -0.610. The number of hydrogen-bond donors (Lipinski definition) is 2. The SMILES string of the molecule is CC(C)CC(=O)NCC(C)ON. The minimum Gasteiger partial charge on any atom is -0.353 e. The molecule has 1 unspecified atom stereocenters. The van der Waals surface area contributed by atoms with Crippen LogP contribution in [0, 0.1) is 5.92 Å². The van der Waals surface area contributed by atoms with E-state index in [-0.39, 0.29) is 12.0 Å². The van der Waals surface area contributed by atoms with Crippen molar-refractivity contribution in [1.29, 1.82) is 0 Å². The highest BCUT2D eigenvalue weighted by molar-refractivity contribution is 5.76. The Bertz CT molecular complexity index is 137. The first-order chi connectivity index (χ1) is 5.56. The Labute approximate surface area is 73.4 Å². The quantitative estimate of drug-likeness (QED) is 0.594. The number of carbonyl (C=O) groups is 1. The Morgan fingerprint density at radius 2 is 2.08 bits per heavy atom. The molecular weight excluding hydrogens is 156 g/mol. The predicted octanol–water partition coefficient (Wildman–Crippen LogP) is 0.428. The van der Waals surface area contributed by atoms with E-state index in [1.807, 2.05) is 13.8 Å². The van der Waals surface area contributed by atoms with E-state index < -0.39 is 0 Å². The molecule has 4 heteroatoms. The summed E-state index contributed by atoms with van der Waals surface area (Å²) in [5, 5.41) is 2.72. The van der Waals surface area contributed by atoms with Crippen LogP contribution in [0.2, 0.25) is 0 Å². The third-order valence-corrected chi connectivity index (χ3v) is 1.41.